The maximum absolute atomic E-state index is 5.96. The van der Waals surface area contributed by atoms with Crippen LogP contribution in [0.4, 0.5) is 0 Å². The fraction of sp³-hybridized carbons (Fsp3) is 0.643. The van der Waals surface area contributed by atoms with Gasteiger partial charge in [0.1, 0.15) is 0 Å². The summed E-state index contributed by atoms with van der Waals surface area (Å²) < 4.78 is 5.04. The average molecular weight is 268 g/mol. The lowest BCUT2D eigenvalue weighted by molar-refractivity contribution is 0.200. The first kappa shape index (κ1) is 15.5. The molecule has 0 bridgehead atoms. The summed E-state index contributed by atoms with van der Waals surface area (Å²) in [5.74, 6) is 1.05. The third-order valence-electron chi connectivity index (χ3n) is 2.84. The van der Waals surface area contributed by atoms with E-state index in [1.54, 1.807) is 18.9 Å². The Hall–Kier alpha value is -0.580. The van der Waals surface area contributed by atoms with Crippen LogP contribution in [0.5, 0.6) is 0 Å². The van der Waals surface area contributed by atoms with Crippen LogP contribution in [0.15, 0.2) is 17.3 Å². The van der Waals surface area contributed by atoms with Gasteiger partial charge in [-0.1, -0.05) is 13.0 Å². The van der Waals surface area contributed by atoms with E-state index in [0.717, 1.165) is 36.6 Å². The first-order chi connectivity index (χ1) is 8.67. The molecule has 0 spiro atoms. The topological polar surface area (TPSA) is 48.1 Å². The van der Waals surface area contributed by atoms with E-state index in [-0.39, 0.29) is 6.04 Å². The molecule has 1 aromatic rings. The Bertz CT molecular complexity index is 358. The molecular formula is C14H24N2OS. The van der Waals surface area contributed by atoms with Crippen LogP contribution in [0.3, 0.4) is 0 Å². The largest absolute Gasteiger partial charge is 0.385 e. The highest BCUT2D eigenvalue weighted by Gasteiger charge is 2.05. The number of hydrogen-bond acceptors (Lipinski definition) is 4. The fourth-order valence-corrected chi connectivity index (χ4v) is 2.57. The number of hydrogen-bond donors (Lipinski definition) is 1. The van der Waals surface area contributed by atoms with Gasteiger partial charge < -0.3 is 10.5 Å². The third kappa shape index (κ3) is 5.38. The van der Waals surface area contributed by atoms with Crippen molar-refractivity contribution >= 4 is 11.8 Å². The molecule has 0 radical (unpaired) electrons. The Morgan fingerprint density at radius 1 is 1.50 bits per heavy atom. The normalized spacial score (nSPS) is 12.7. The second kappa shape index (κ2) is 8.51. The molecule has 0 aliphatic rings. The summed E-state index contributed by atoms with van der Waals surface area (Å²) in [5.41, 5.74) is 8.45. The standard InChI is InChI=1S/C14H24N2OS/c1-4-13(15)9-12-8-11(2)14(16-10-12)18-7-5-6-17-3/h8,10,13H,4-7,9,15H2,1-3H3. The SMILES string of the molecule is CCC(N)Cc1cnc(SCCCOC)c(C)c1. The van der Waals surface area contributed by atoms with Gasteiger partial charge in [0.25, 0.3) is 0 Å². The molecule has 0 aromatic carbocycles. The fourth-order valence-electron chi connectivity index (χ4n) is 1.70. The molecule has 2 N–H and O–H groups in total. The van der Waals surface area contributed by atoms with Crippen molar-refractivity contribution in [2.75, 3.05) is 19.5 Å². The number of pyridine rings is 1. The zero-order valence-electron chi connectivity index (χ0n) is 11.6. The van der Waals surface area contributed by atoms with Crippen LogP contribution in [0.2, 0.25) is 0 Å². The lowest BCUT2D eigenvalue weighted by Crippen LogP contribution is -2.21. The van der Waals surface area contributed by atoms with Gasteiger partial charge >= 0.3 is 0 Å². The minimum absolute atomic E-state index is 0.242. The number of methoxy groups -OCH3 is 1. The van der Waals surface area contributed by atoms with E-state index in [0.29, 0.717) is 0 Å². The first-order valence-corrected chi connectivity index (χ1v) is 7.48. The van der Waals surface area contributed by atoms with Gasteiger partial charge in [0.2, 0.25) is 0 Å². The summed E-state index contributed by atoms with van der Waals surface area (Å²) in [6, 6.07) is 2.45. The molecule has 1 aromatic heterocycles. The van der Waals surface area contributed by atoms with E-state index >= 15 is 0 Å². The molecule has 0 aliphatic carbocycles. The summed E-state index contributed by atoms with van der Waals surface area (Å²) in [6.45, 7) is 5.05. The van der Waals surface area contributed by atoms with Crippen molar-refractivity contribution in [1.82, 2.24) is 4.98 Å². The van der Waals surface area contributed by atoms with Crippen molar-refractivity contribution in [3.8, 4) is 0 Å². The summed E-state index contributed by atoms with van der Waals surface area (Å²) in [6.07, 6.45) is 4.94. The Labute approximate surface area is 115 Å². The molecule has 3 nitrogen and oxygen atoms in total. The van der Waals surface area contributed by atoms with Crippen molar-refractivity contribution in [1.29, 1.82) is 0 Å². The van der Waals surface area contributed by atoms with Gasteiger partial charge in [-0.05, 0) is 37.3 Å². The van der Waals surface area contributed by atoms with Gasteiger partial charge in [0.05, 0.1) is 5.03 Å². The van der Waals surface area contributed by atoms with Gasteiger partial charge in [0.15, 0.2) is 0 Å². The van der Waals surface area contributed by atoms with Crippen LogP contribution in [-0.4, -0.2) is 30.5 Å². The highest BCUT2D eigenvalue weighted by Crippen LogP contribution is 2.21. The average Bonchev–Trinajstić information content (AvgIpc) is 2.36. The summed E-state index contributed by atoms with van der Waals surface area (Å²) in [7, 11) is 1.74. The number of aryl methyl sites for hydroxylation is 1. The molecule has 18 heavy (non-hydrogen) atoms. The van der Waals surface area contributed by atoms with Gasteiger partial charge in [-0.15, -0.1) is 11.8 Å². The Kier molecular flexibility index (Phi) is 7.32. The summed E-state index contributed by atoms with van der Waals surface area (Å²) >= 11 is 1.80. The predicted molar refractivity (Wildman–Crippen MR) is 78.2 cm³/mol. The van der Waals surface area contributed by atoms with Crippen LogP contribution in [0.25, 0.3) is 0 Å². The molecular weight excluding hydrogens is 244 g/mol. The Morgan fingerprint density at radius 2 is 2.28 bits per heavy atom. The van der Waals surface area contributed by atoms with E-state index in [1.807, 2.05) is 6.20 Å². The van der Waals surface area contributed by atoms with E-state index < -0.39 is 0 Å². The van der Waals surface area contributed by atoms with Crippen molar-refractivity contribution in [3.05, 3.63) is 23.4 Å². The highest BCUT2D eigenvalue weighted by atomic mass is 32.2. The number of rotatable bonds is 8. The molecule has 1 heterocycles. The van der Waals surface area contributed by atoms with Gasteiger partial charge in [0, 0.05) is 31.7 Å². The molecule has 1 rings (SSSR count). The Balaban J connectivity index is 2.51. The van der Waals surface area contributed by atoms with Crippen LogP contribution in [-0.2, 0) is 11.2 Å². The van der Waals surface area contributed by atoms with Gasteiger partial charge in [-0.2, -0.15) is 0 Å². The smallest absolute Gasteiger partial charge is 0.0989 e. The second-order valence-electron chi connectivity index (χ2n) is 4.53. The van der Waals surface area contributed by atoms with E-state index in [4.69, 9.17) is 10.5 Å². The minimum Gasteiger partial charge on any atom is -0.385 e. The van der Waals surface area contributed by atoms with E-state index in [2.05, 4.69) is 24.9 Å². The van der Waals surface area contributed by atoms with Crippen molar-refractivity contribution in [3.63, 3.8) is 0 Å². The second-order valence-corrected chi connectivity index (χ2v) is 5.62. The predicted octanol–water partition coefficient (Wildman–Crippen LogP) is 2.80. The van der Waals surface area contributed by atoms with Crippen molar-refractivity contribution in [2.45, 2.75) is 44.2 Å². The molecule has 1 atom stereocenters. The van der Waals surface area contributed by atoms with Crippen LogP contribution >= 0.6 is 11.8 Å². The zero-order valence-corrected chi connectivity index (χ0v) is 12.4. The molecule has 0 saturated carbocycles. The van der Waals surface area contributed by atoms with E-state index in [9.17, 15) is 0 Å². The summed E-state index contributed by atoms with van der Waals surface area (Å²) in [5, 5.41) is 1.12. The van der Waals surface area contributed by atoms with Gasteiger partial charge in [-0.3, -0.25) is 0 Å². The minimum atomic E-state index is 0.242. The van der Waals surface area contributed by atoms with Crippen LogP contribution in [0, 0.1) is 6.92 Å². The number of ether oxygens (including phenoxy) is 1. The number of nitrogens with two attached hydrogens (primary N) is 1. The van der Waals surface area contributed by atoms with Crippen LogP contribution in [0.1, 0.15) is 30.9 Å². The lowest BCUT2D eigenvalue weighted by Gasteiger charge is -2.10. The monoisotopic (exact) mass is 268 g/mol. The van der Waals surface area contributed by atoms with Crippen molar-refractivity contribution < 1.29 is 4.74 Å². The molecule has 0 aliphatic heterocycles. The van der Waals surface area contributed by atoms with Gasteiger partial charge in [-0.25, -0.2) is 4.98 Å². The maximum Gasteiger partial charge on any atom is 0.0989 e. The van der Waals surface area contributed by atoms with Crippen molar-refractivity contribution in [2.24, 2.45) is 5.73 Å². The molecule has 102 valence electrons. The highest BCUT2D eigenvalue weighted by molar-refractivity contribution is 7.99. The Morgan fingerprint density at radius 3 is 2.89 bits per heavy atom. The lowest BCUT2D eigenvalue weighted by atomic mass is 10.1. The zero-order chi connectivity index (χ0) is 13.4. The molecule has 4 heteroatoms. The number of aromatic nitrogens is 1. The van der Waals surface area contributed by atoms with E-state index in [1.165, 1.54) is 11.1 Å². The maximum atomic E-state index is 5.96. The molecule has 0 saturated heterocycles. The first-order valence-electron chi connectivity index (χ1n) is 6.50. The molecule has 0 fully saturated rings. The quantitative estimate of drug-likeness (QED) is 0.582. The number of thioether (sulfide) groups is 1. The number of nitrogens with zero attached hydrogens (tertiary/aromatic N) is 1. The molecule has 0 amide bonds. The summed E-state index contributed by atoms with van der Waals surface area (Å²) in [4.78, 5) is 4.53. The van der Waals surface area contributed by atoms with Crippen LogP contribution < -0.4 is 5.73 Å². The third-order valence-corrected chi connectivity index (χ3v) is 4.03. The molecule has 1 unspecified atom stereocenters.